The molecule has 0 radical (unpaired) electrons. The molecule has 0 aliphatic heterocycles. The van der Waals surface area contributed by atoms with E-state index in [-0.39, 0.29) is 5.92 Å². The van der Waals surface area contributed by atoms with Crippen molar-refractivity contribution in [3.63, 3.8) is 0 Å². The van der Waals surface area contributed by atoms with Gasteiger partial charge in [-0.3, -0.25) is 4.57 Å². The van der Waals surface area contributed by atoms with E-state index in [9.17, 15) is 0 Å². The van der Waals surface area contributed by atoms with Crippen LogP contribution in [0.3, 0.4) is 0 Å². The first kappa shape index (κ1) is 32.7. The Labute approximate surface area is 289 Å². The molecule has 8 rings (SSSR count). The molecule has 0 saturated heterocycles. The lowest BCUT2D eigenvalue weighted by Crippen LogP contribution is -1.98. The predicted octanol–water partition coefficient (Wildman–Crippen LogP) is 12.0. The van der Waals surface area contributed by atoms with Crippen molar-refractivity contribution in [2.75, 3.05) is 0 Å². The molecule has 3 heteroatoms. The first-order valence-electron chi connectivity index (χ1n) is 16.7. The fraction of sp³-hybridized carbons (Fsp3) is 0.0870. The fourth-order valence-corrected chi connectivity index (χ4v) is 6.79. The van der Waals surface area contributed by atoms with Gasteiger partial charge >= 0.3 is 0 Å². The highest BCUT2D eigenvalue weighted by Gasteiger charge is 2.23. The molecule has 0 fully saturated rings. The van der Waals surface area contributed by atoms with Crippen LogP contribution in [0.25, 0.3) is 66.5 Å². The number of fused-ring (bicyclic) bond motifs is 4. The van der Waals surface area contributed by atoms with Crippen LogP contribution in [0.15, 0.2) is 164 Å². The van der Waals surface area contributed by atoms with E-state index < -0.39 is 0 Å². The molecule has 0 saturated carbocycles. The number of benzene rings is 4. The summed E-state index contributed by atoms with van der Waals surface area (Å²) in [7, 11) is 0. The Kier molecular flexibility index (Phi) is 9.79. The van der Waals surface area contributed by atoms with E-state index >= 15 is 0 Å². The van der Waals surface area contributed by atoms with E-state index in [1.54, 1.807) is 0 Å². The van der Waals surface area contributed by atoms with Crippen molar-refractivity contribution in [1.82, 2.24) is 14.5 Å². The molecule has 6 aromatic rings. The van der Waals surface area contributed by atoms with Gasteiger partial charge in [0.1, 0.15) is 11.3 Å². The maximum absolute atomic E-state index is 5.33. The third-order valence-electron chi connectivity index (χ3n) is 8.72. The molecule has 2 aliphatic carbocycles. The normalized spacial score (nSPS) is 15.0. The third-order valence-corrected chi connectivity index (χ3v) is 8.72. The molecular weight excluding hydrogens is 595 g/mol. The van der Waals surface area contributed by atoms with Crippen LogP contribution in [0.4, 0.5) is 0 Å². The average molecular weight is 634 g/mol. The lowest BCUT2D eigenvalue weighted by Gasteiger charge is -2.18. The summed E-state index contributed by atoms with van der Waals surface area (Å²) in [4.78, 5) is 10.2. The Bertz CT molecular complexity index is 2330. The zero-order valence-corrected chi connectivity index (χ0v) is 28.2. The largest absolute Gasteiger partial charge is 0.281 e. The van der Waals surface area contributed by atoms with Gasteiger partial charge in [-0.15, -0.1) is 12.8 Å². The van der Waals surface area contributed by atoms with E-state index in [0.29, 0.717) is 0 Å². The maximum atomic E-state index is 5.33. The highest BCUT2D eigenvalue weighted by atomic mass is 15.1. The number of aromatic nitrogens is 3. The van der Waals surface area contributed by atoms with Gasteiger partial charge in [-0.25, -0.2) is 9.97 Å². The van der Waals surface area contributed by atoms with E-state index in [1.807, 2.05) is 50.4 Å². The van der Waals surface area contributed by atoms with Crippen LogP contribution in [0, 0.1) is 18.8 Å². The zero-order valence-electron chi connectivity index (χ0n) is 28.2. The second-order valence-corrected chi connectivity index (χ2v) is 11.5. The third kappa shape index (κ3) is 6.02. The van der Waals surface area contributed by atoms with Crippen LogP contribution in [-0.4, -0.2) is 14.5 Å². The lowest BCUT2D eigenvalue weighted by molar-refractivity contribution is 1.07. The zero-order chi connectivity index (χ0) is 34.3. The number of imidazole rings is 1. The van der Waals surface area contributed by atoms with E-state index in [1.165, 1.54) is 43.8 Å². The minimum Gasteiger partial charge on any atom is -0.281 e. The first-order valence-corrected chi connectivity index (χ1v) is 16.7. The molecule has 0 spiro atoms. The Morgan fingerprint density at radius 2 is 1.39 bits per heavy atom. The number of terminal acetylenes is 1. The Morgan fingerprint density at radius 3 is 2.04 bits per heavy atom. The molecule has 1 unspecified atom stereocenters. The monoisotopic (exact) mass is 633 g/mol. The summed E-state index contributed by atoms with van der Waals surface area (Å²) in [5.74, 6) is 1.09. The summed E-state index contributed by atoms with van der Waals surface area (Å²) in [5.41, 5.74) is 9.69. The van der Waals surface area contributed by atoms with Crippen molar-refractivity contribution >= 4 is 44.0 Å². The molecule has 1 atom stereocenters. The van der Waals surface area contributed by atoms with Crippen LogP contribution in [0.5, 0.6) is 0 Å². The minimum atomic E-state index is 0.226. The number of pyridine rings is 1. The Hall–Kier alpha value is -6.24. The second-order valence-electron chi connectivity index (χ2n) is 11.5. The predicted molar refractivity (Wildman–Crippen MR) is 212 cm³/mol. The van der Waals surface area contributed by atoms with Crippen molar-refractivity contribution < 1.29 is 0 Å². The molecule has 238 valence electrons. The second kappa shape index (κ2) is 14.7. The molecule has 4 aromatic carbocycles. The van der Waals surface area contributed by atoms with Crippen LogP contribution in [0.1, 0.15) is 26.3 Å². The highest BCUT2D eigenvalue weighted by Crippen LogP contribution is 2.45. The van der Waals surface area contributed by atoms with Crippen molar-refractivity contribution in [2.24, 2.45) is 5.92 Å². The van der Waals surface area contributed by atoms with Crippen molar-refractivity contribution in [3.05, 3.63) is 170 Å². The van der Waals surface area contributed by atoms with Crippen LogP contribution in [-0.2, 0) is 0 Å². The highest BCUT2D eigenvalue weighted by molar-refractivity contribution is 6.21. The van der Waals surface area contributed by atoms with Gasteiger partial charge in [0.05, 0.1) is 0 Å². The van der Waals surface area contributed by atoms with Gasteiger partial charge in [0.25, 0.3) is 0 Å². The molecule has 3 nitrogen and oxygen atoms in total. The van der Waals surface area contributed by atoms with Gasteiger partial charge in [-0.1, -0.05) is 154 Å². The molecule has 2 bridgehead atoms. The molecule has 2 aromatic heterocycles. The van der Waals surface area contributed by atoms with Gasteiger partial charge < -0.3 is 0 Å². The molecule has 49 heavy (non-hydrogen) atoms. The van der Waals surface area contributed by atoms with Gasteiger partial charge in [0.2, 0.25) is 0 Å². The smallest absolute Gasteiger partial charge is 0.165 e. The summed E-state index contributed by atoms with van der Waals surface area (Å²) in [6, 6.07) is 30.0. The van der Waals surface area contributed by atoms with E-state index in [0.717, 1.165) is 33.8 Å². The summed E-state index contributed by atoms with van der Waals surface area (Å²) < 4.78 is 2.15. The maximum Gasteiger partial charge on any atom is 0.165 e. The SMILES string of the molecule is C#C.C=C/C=C(\C)n1c(-c2ccccc2)nc2c(-c3c4ccccc4c(C4=CC5C=CC=CC(=C5)C=C4)c4ccccc34)ccnc21.CC. The van der Waals surface area contributed by atoms with E-state index in [2.05, 4.69) is 146 Å². The summed E-state index contributed by atoms with van der Waals surface area (Å²) >= 11 is 0. The van der Waals surface area contributed by atoms with Crippen molar-refractivity contribution in [2.45, 2.75) is 20.8 Å². The van der Waals surface area contributed by atoms with Crippen molar-refractivity contribution in [3.8, 4) is 35.4 Å². The quantitative estimate of drug-likeness (QED) is 0.107. The average Bonchev–Trinajstić information content (AvgIpc) is 3.26. The number of rotatable bonds is 5. The summed E-state index contributed by atoms with van der Waals surface area (Å²) in [5, 5.41) is 4.82. The Balaban J connectivity index is 0.00000101. The number of hydrogen-bond acceptors (Lipinski definition) is 2. The van der Waals surface area contributed by atoms with Crippen LogP contribution in [0.2, 0.25) is 0 Å². The van der Waals surface area contributed by atoms with Crippen molar-refractivity contribution in [1.29, 1.82) is 0 Å². The fourth-order valence-electron chi connectivity index (χ4n) is 6.79. The van der Waals surface area contributed by atoms with Crippen LogP contribution >= 0.6 is 0 Å². The molecular formula is C46H39N3. The minimum absolute atomic E-state index is 0.226. The molecule has 2 heterocycles. The van der Waals surface area contributed by atoms with Crippen LogP contribution < -0.4 is 0 Å². The Morgan fingerprint density at radius 1 is 0.755 bits per heavy atom. The molecule has 0 amide bonds. The van der Waals surface area contributed by atoms with Gasteiger partial charge in [0.15, 0.2) is 5.65 Å². The van der Waals surface area contributed by atoms with Gasteiger partial charge in [0, 0.05) is 28.9 Å². The van der Waals surface area contributed by atoms with Gasteiger partial charge in [-0.2, -0.15) is 0 Å². The number of hydrogen-bond donors (Lipinski definition) is 0. The standard InChI is InChI=1S/C42H31N3.C2H6.C2H2/c1-3-13-28(2)45-41(31-16-5-4-6-17-31)44-40-37(24-25-43-42(40)45)39-35-20-11-9-18-33(35)38(34-19-10-12-21-36(34)39)32-23-22-29-14-7-8-15-30(26-29)27-32;2*1-2/h3-27,30H,1H2,2H3;1-2H3;1-2H/b28-13+;;. The molecule has 0 N–H and O–H groups in total. The molecule has 2 aliphatic rings. The number of nitrogens with zero attached hydrogens (tertiary/aromatic N) is 3. The first-order chi connectivity index (χ1) is 24.2. The summed E-state index contributed by atoms with van der Waals surface area (Å²) in [6.45, 7) is 10.0. The van der Waals surface area contributed by atoms with Gasteiger partial charge in [-0.05, 0) is 62.9 Å². The van der Waals surface area contributed by atoms with E-state index in [4.69, 9.17) is 9.97 Å². The lowest BCUT2D eigenvalue weighted by atomic mass is 9.85. The topological polar surface area (TPSA) is 30.7 Å². The number of allylic oxidation sites excluding steroid dienone is 13. The summed E-state index contributed by atoms with van der Waals surface area (Å²) in [6.07, 6.45) is 31.6.